The lowest BCUT2D eigenvalue weighted by Crippen LogP contribution is -2.11. The molecule has 0 saturated heterocycles. The van der Waals surface area contributed by atoms with E-state index in [0.29, 0.717) is 5.69 Å². The van der Waals surface area contributed by atoms with Gasteiger partial charge in [-0.1, -0.05) is 32.0 Å². The molecule has 0 amide bonds. The van der Waals surface area contributed by atoms with Crippen molar-refractivity contribution in [3.05, 3.63) is 77.9 Å². The van der Waals surface area contributed by atoms with E-state index in [1.807, 2.05) is 24.5 Å². The molecule has 2 atom stereocenters. The Bertz CT molecular complexity index is 1100. The van der Waals surface area contributed by atoms with E-state index in [4.69, 9.17) is 5.14 Å². The van der Waals surface area contributed by atoms with Crippen LogP contribution in [0.3, 0.4) is 0 Å². The first-order valence-corrected chi connectivity index (χ1v) is 10.2. The first-order chi connectivity index (χ1) is 12.7. The highest BCUT2D eigenvalue weighted by Crippen LogP contribution is 2.69. The van der Waals surface area contributed by atoms with Gasteiger partial charge >= 0.3 is 0 Å². The second kappa shape index (κ2) is 6.00. The topological polar surface area (TPSA) is 78.0 Å². The average molecular weight is 385 g/mol. The number of nitrogens with zero attached hydrogens (tertiary/aromatic N) is 2. The Morgan fingerprint density at radius 1 is 1.07 bits per heavy atom. The molecule has 1 aliphatic rings. The minimum atomic E-state index is -3.69. The van der Waals surface area contributed by atoms with Crippen LogP contribution in [0, 0.1) is 11.2 Å². The summed E-state index contributed by atoms with van der Waals surface area (Å²) in [6.07, 6.45) is 3.75. The van der Waals surface area contributed by atoms with Crippen molar-refractivity contribution in [2.45, 2.75) is 30.6 Å². The number of halogens is 1. The standard InChI is InChI=1S/C20H20FN3O2S/c1-20(2)18(13-6-8-17(9-7-13)27(22,25)26)19(20)14-11-23-24(12-14)16-5-3-4-15(21)10-16/h3-12,18-19H,1-2H3,(H2,22,25,26)/t18-,19-/m1/s1. The molecule has 2 aromatic carbocycles. The van der Waals surface area contributed by atoms with Crippen molar-refractivity contribution in [2.24, 2.45) is 10.6 Å². The lowest BCUT2D eigenvalue weighted by atomic mass is 10.0. The smallest absolute Gasteiger partial charge is 0.238 e. The van der Waals surface area contributed by atoms with E-state index in [2.05, 4.69) is 18.9 Å². The summed E-state index contributed by atoms with van der Waals surface area (Å²) in [5.74, 6) is 0.196. The van der Waals surface area contributed by atoms with Gasteiger partial charge in [0.1, 0.15) is 5.82 Å². The van der Waals surface area contributed by atoms with Gasteiger partial charge in [-0.15, -0.1) is 0 Å². The SMILES string of the molecule is CC1(C)[C@H](c2ccc(S(N)(=O)=O)cc2)[C@H]1c1cnn(-c2cccc(F)c2)c1. The van der Waals surface area contributed by atoms with Crippen LogP contribution in [0.15, 0.2) is 65.8 Å². The first-order valence-electron chi connectivity index (χ1n) is 8.61. The summed E-state index contributed by atoms with van der Waals surface area (Å²) in [6.45, 7) is 4.35. The van der Waals surface area contributed by atoms with E-state index in [1.165, 1.54) is 12.1 Å². The molecule has 0 bridgehead atoms. The number of aromatic nitrogens is 2. The van der Waals surface area contributed by atoms with Crippen LogP contribution in [0.1, 0.15) is 36.8 Å². The molecule has 2 N–H and O–H groups in total. The van der Waals surface area contributed by atoms with Gasteiger partial charge in [0.15, 0.2) is 0 Å². The molecule has 0 spiro atoms. The maximum absolute atomic E-state index is 13.5. The van der Waals surface area contributed by atoms with Crippen molar-refractivity contribution < 1.29 is 12.8 Å². The van der Waals surface area contributed by atoms with Gasteiger partial charge < -0.3 is 0 Å². The van der Waals surface area contributed by atoms with Crippen LogP contribution >= 0.6 is 0 Å². The third-order valence-electron chi connectivity index (χ3n) is 5.43. The number of nitrogens with two attached hydrogens (primary N) is 1. The number of sulfonamides is 1. The van der Waals surface area contributed by atoms with Crippen LogP contribution in [0.2, 0.25) is 0 Å². The number of primary sulfonamides is 1. The van der Waals surface area contributed by atoms with Crippen LogP contribution in [0.25, 0.3) is 5.69 Å². The fourth-order valence-electron chi connectivity index (χ4n) is 4.00. The van der Waals surface area contributed by atoms with E-state index < -0.39 is 10.0 Å². The summed E-state index contributed by atoms with van der Waals surface area (Å²) in [5, 5.41) is 9.56. The van der Waals surface area contributed by atoms with E-state index in [-0.39, 0.29) is 28.0 Å². The molecule has 3 aromatic rings. The Kier molecular flexibility index (Phi) is 3.98. The summed E-state index contributed by atoms with van der Waals surface area (Å²) in [7, 11) is -3.69. The Balaban J connectivity index is 1.62. The molecule has 1 heterocycles. The maximum atomic E-state index is 13.5. The fourth-order valence-corrected chi connectivity index (χ4v) is 4.52. The molecule has 4 rings (SSSR count). The molecule has 0 unspecified atom stereocenters. The van der Waals surface area contributed by atoms with E-state index in [9.17, 15) is 12.8 Å². The molecule has 7 heteroatoms. The Hall–Kier alpha value is -2.51. The summed E-state index contributed by atoms with van der Waals surface area (Å²) in [5.41, 5.74) is 2.83. The van der Waals surface area contributed by atoms with Gasteiger partial charge in [-0.2, -0.15) is 5.10 Å². The van der Waals surface area contributed by atoms with Gasteiger partial charge in [0.25, 0.3) is 0 Å². The van der Waals surface area contributed by atoms with Crippen LogP contribution in [0.5, 0.6) is 0 Å². The minimum Gasteiger partial charge on any atom is -0.241 e. The Morgan fingerprint density at radius 3 is 2.37 bits per heavy atom. The number of hydrogen-bond donors (Lipinski definition) is 1. The molecule has 0 radical (unpaired) electrons. The quantitative estimate of drug-likeness (QED) is 0.746. The average Bonchev–Trinajstić information content (AvgIpc) is 2.94. The van der Waals surface area contributed by atoms with Crippen molar-refractivity contribution in [3.63, 3.8) is 0 Å². The van der Waals surface area contributed by atoms with E-state index >= 15 is 0 Å². The van der Waals surface area contributed by atoms with Crippen molar-refractivity contribution in [1.82, 2.24) is 9.78 Å². The molecular weight excluding hydrogens is 365 g/mol. The van der Waals surface area contributed by atoms with Crippen molar-refractivity contribution in [1.29, 1.82) is 0 Å². The largest absolute Gasteiger partial charge is 0.241 e. The van der Waals surface area contributed by atoms with Gasteiger partial charge in [0, 0.05) is 12.1 Å². The van der Waals surface area contributed by atoms with Crippen molar-refractivity contribution in [3.8, 4) is 5.69 Å². The van der Waals surface area contributed by atoms with Crippen LogP contribution in [-0.2, 0) is 10.0 Å². The number of hydrogen-bond acceptors (Lipinski definition) is 3. The normalized spacial score (nSPS) is 21.2. The van der Waals surface area contributed by atoms with Crippen LogP contribution in [0.4, 0.5) is 4.39 Å². The van der Waals surface area contributed by atoms with Crippen LogP contribution < -0.4 is 5.14 Å². The molecule has 1 aliphatic carbocycles. The van der Waals surface area contributed by atoms with Gasteiger partial charge in [-0.3, -0.25) is 0 Å². The molecule has 5 nitrogen and oxygen atoms in total. The fraction of sp³-hybridized carbons (Fsp3) is 0.250. The molecule has 1 fully saturated rings. The maximum Gasteiger partial charge on any atom is 0.238 e. The van der Waals surface area contributed by atoms with Crippen LogP contribution in [-0.4, -0.2) is 18.2 Å². The molecule has 140 valence electrons. The minimum absolute atomic E-state index is 0.0128. The van der Waals surface area contributed by atoms with Crippen molar-refractivity contribution in [2.75, 3.05) is 0 Å². The molecular formula is C20H20FN3O2S. The highest BCUT2D eigenvalue weighted by Gasteiger charge is 2.59. The monoisotopic (exact) mass is 385 g/mol. The van der Waals surface area contributed by atoms with E-state index in [0.717, 1.165) is 11.1 Å². The summed E-state index contributed by atoms with van der Waals surface area (Å²) in [6, 6.07) is 13.0. The highest BCUT2D eigenvalue weighted by atomic mass is 32.2. The predicted molar refractivity (Wildman–Crippen MR) is 101 cm³/mol. The second-order valence-corrected chi connectivity index (χ2v) is 9.15. The third-order valence-corrected chi connectivity index (χ3v) is 6.36. The zero-order chi connectivity index (χ0) is 19.4. The second-order valence-electron chi connectivity index (χ2n) is 7.59. The summed E-state index contributed by atoms with van der Waals surface area (Å²) >= 11 is 0. The zero-order valence-electron chi connectivity index (χ0n) is 15.0. The third kappa shape index (κ3) is 3.17. The predicted octanol–water partition coefficient (Wildman–Crippen LogP) is 3.57. The summed E-state index contributed by atoms with van der Waals surface area (Å²) in [4.78, 5) is 0.111. The van der Waals surface area contributed by atoms with Gasteiger partial charge in [0.05, 0.1) is 16.8 Å². The molecule has 1 saturated carbocycles. The number of benzene rings is 2. The molecule has 27 heavy (non-hydrogen) atoms. The summed E-state index contributed by atoms with van der Waals surface area (Å²) < 4.78 is 38.0. The zero-order valence-corrected chi connectivity index (χ0v) is 15.8. The molecule has 0 aliphatic heterocycles. The van der Waals surface area contributed by atoms with Crippen molar-refractivity contribution >= 4 is 10.0 Å². The Labute approximate surface area is 157 Å². The Morgan fingerprint density at radius 2 is 1.74 bits per heavy atom. The number of rotatable bonds is 4. The first kappa shape index (κ1) is 17.9. The lowest BCUT2D eigenvalue weighted by molar-refractivity contribution is 0.597. The van der Waals surface area contributed by atoms with Gasteiger partial charge in [0.2, 0.25) is 10.0 Å². The van der Waals surface area contributed by atoms with Gasteiger partial charge in [-0.25, -0.2) is 22.6 Å². The lowest BCUT2D eigenvalue weighted by Gasteiger charge is -2.04. The highest BCUT2D eigenvalue weighted by molar-refractivity contribution is 7.89. The van der Waals surface area contributed by atoms with Gasteiger partial charge in [-0.05, 0) is 52.8 Å². The molecule has 1 aromatic heterocycles. The van der Waals surface area contributed by atoms with E-state index in [1.54, 1.807) is 28.9 Å².